The lowest BCUT2D eigenvalue weighted by atomic mass is 10.0. The van der Waals surface area contributed by atoms with Crippen molar-refractivity contribution in [2.24, 2.45) is 0 Å². The highest BCUT2D eigenvalue weighted by molar-refractivity contribution is 4.89. The Labute approximate surface area is 400 Å². The molecule has 0 N–H and O–H groups in total. The second kappa shape index (κ2) is 36.1. The third-order valence-electron chi connectivity index (χ3n) is 14.1. The van der Waals surface area contributed by atoms with Crippen LogP contribution in [0.1, 0.15) is 232 Å². The zero-order valence-corrected chi connectivity index (χ0v) is 44.2. The average Bonchev–Trinajstić information content (AvgIpc) is 3.34. The van der Waals surface area contributed by atoms with Gasteiger partial charge in [0.1, 0.15) is 0 Å². The Hall–Kier alpha value is -1.95. The normalized spacial score (nSPS) is 14.0. The summed E-state index contributed by atoms with van der Waals surface area (Å²) in [5, 5.41) is 0. The minimum Gasteiger partial charge on any atom is -0.331 e. The highest BCUT2D eigenvalue weighted by Gasteiger charge is 2.31. The average molecular weight is 946 g/mol. The summed E-state index contributed by atoms with van der Waals surface area (Å²) in [6.45, 7) is 6.16. The molecule has 0 aliphatic rings. The molecule has 3 unspecified atom stereocenters. The fourth-order valence-corrected chi connectivity index (χ4v) is 9.56. The number of unbranched alkanes of at least 4 members (excludes halogenated alkanes) is 18. The van der Waals surface area contributed by atoms with Gasteiger partial charge in [-0.2, -0.15) is 0 Å². The van der Waals surface area contributed by atoms with E-state index in [1.54, 1.807) is 64.0 Å². The topological polar surface area (TPSA) is 149 Å². The Morgan fingerprint density at radius 1 is 0.303 bits per heavy atom. The van der Waals surface area contributed by atoms with Crippen molar-refractivity contribution in [2.45, 2.75) is 249 Å². The van der Waals surface area contributed by atoms with Gasteiger partial charge in [0, 0.05) is 101 Å². The van der Waals surface area contributed by atoms with Crippen LogP contribution in [0.15, 0.2) is 14.4 Å². The maximum Gasteiger partial charge on any atom is 0.336 e. The summed E-state index contributed by atoms with van der Waals surface area (Å²) < 4.78 is 53.2. The molecule has 0 amide bonds. The van der Waals surface area contributed by atoms with Crippen LogP contribution in [0.3, 0.4) is 0 Å². The molecule has 0 spiro atoms. The molecular weight excluding hydrogens is 847 g/mol. The van der Waals surface area contributed by atoms with Gasteiger partial charge in [0.2, 0.25) is 0 Å². The summed E-state index contributed by atoms with van der Waals surface area (Å²) in [6, 6.07) is -0.814. The Bertz CT molecular complexity index is 1290. The molecule has 3 atom stereocenters. The van der Waals surface area contributed by atoms with E-state index in [0.717, 1.165) is 154 Å². The van der Waals surface area contributed by atoms with Gasteiger partial charge in [0.15, 0.2) is 0 Å². The van der Waals surface area contributed by atoms with E-state index in [1.807, 2.05) is 0 Å². The first-order valence-corrected chi connectivity index (χ1v) is 25.9. The van der Waals surface area contributed by atoms with Gasteiger partial charge in [-0.3, -0.25) is 0 Å². The van der Waals surface area contributed by atoms with E-state index >= 15 is 0 Å². The zero-order chi connectivity index (χ0) is 49.3. The number of nitrogens with zero attached hydrogens (tertiary/aromatic N) is 3. The monoisotopic (exact) mass is 946 g/mol. The molecular formula is C51H99N3O12. The maximum atomic E-state index is 14.6. The van der Waals surface area contributed by atoms with E-state index in [1.165, 1.54) is 13.7 Å². The molecule has 15 nitrogen and oxygen atoms in total. The van der Waals surface area contributed by atoms with Crippen LogP contribution in [0, 0.1) is 0 Å². The van der Waals surface area contributed by atoms with Crippen molar-refractivity contribution in [1.29, 1.82) is 0 Å². The molecule has 0 bridgehead atoms. The number of hydrogen-bond acceptors (Lipinski definition) is 12. The smallest absolute Gasteiger partial charge is 0.331 e. The molecule has 1 aromatic rings. The highest BCUT2D eigenvalue weighted by Crippen LogP contribution is 2.26. The van der Waals surface area contributed by atoms with Gasteiger partial charge >= 0.3 is 17.1 Å². The van der Waals surface area contributed by atoms with Gasteiger partial charge in [-0.15, -0.1) is 0 Å². The molecule has 0 saturated heterocycles. The van der Waals surface area contributed by atoms with Crippen LogP contribution in [-0.4, -0.2) is 95.6 Å². The molecule has 0 aliphatic heterocycles. The van der Waals surface area contributed by atoms with E-state index in [0.29, 0.717) is 38.5 Å². The second-order valence-electron chi connectivity index (χ2n) is 18.1. The predicted molar refractivity (Wildman–Crippen MR) is 263 cm³/mol. The summed E-state index contributed by atoms with van der Waals surface area (Å²) in [4.78, 5) is 43.7. The van der Waals surface area contributed by atoms with Crippen molar-refractivity contribution in [2.75, 3.05) is 64.0 Å². The Morgan fingerprint density at radius 3 is 0.636 bits per heavy atom. The first-order chi connectivity index (χ1) is 31.9. The second-order valence-corrected chi connectivity index (χ2v) is 18.1. The van der Waals surface area contributed by atoms with Crippen molar-refractivity contribution < 1.29 is 42.6 Å². The summed E-state index contributed by atoms with van der Waals surface area (Å²) in [5.74, 6) is -2.94. The quantitative estimate of drug-likeness (QED) is 0.0452. The Kier molecular flexibility index (Phi) is 33.9. The maximum absolute atomic E-state index is 14.6. The minimum atomic E-state index is -0.978. The molecule has 66 heavy (non-hydrogen) atoms. The zero-order valence-electron chi connectivity index (χ0n) is 44.2. The number of hydrogen-bond donors (Lipinski definition) is 0. The van der Waals surface area contributed by atoms with E-state index in [-0.39, 0.29) is 18.1 Å². The van der Waals surface area contributed by atoms with E-state index < -0.39 is 35.0 Å². The standard InChI is InChI=1S/C51H99N3O12/c1-13-43(37-31-25-19-16-22-28-34-40-49(58-4,59-5)60-6)52-46(55)53(44(14-2)38-32-26-20-17-23-29-35-41-50(61-7,62-8)63-9)48(57)54(47(52)56)45(15-3)39-33-27-21-18-24-30-36-42-51(64-10,65-11)66-12/h43-45H,13-42H2,1-12H3. The van der Waals surface area contributed by atoms with Gasteiger partial charge in [-0.25, -0.2) is 28.1 Å². The molecule has 1 heterocycles. The van der Waals surface area contributed by atoms with Crippen molar-refractivity contribution in [3.8, 4) is 0 Å². The van der Waals surface area contributed by atoms with Crippen LogP contribution >= 0.6 is 0 Å². The van der Waals surface area contributed by atoms with Crippen molar-refractivity contribution in [3.05, 3.63) is 31.5 Å². The van der Waals surface area contributed by atoms with E-state index in [9.17, 15) is 14.4 Å². The van der Waals surface area contributed by atoms with Gasteiger partial charge in [-0.1, -0.05) is 136 Å². The van der Waals surface area contributed by atoms with E-state index in [2.05, 4.69) is 20.8 Å². The number of methoxy groups -OCH3 is 9. The summed E-state index contributed by atoms with van der Waals surface area (Å²) in [5.41, 5.74) is -1.31. The third kappa shape index (κ3) is 20.6. The lowest BCUT2D eigenvalue weighted by Gasteiger charge is -2.28. The van der Waals surface area contributed by atoms with Crippen molar-refractivity contribution >= 4 is 0 Å². The summed E-state index contributed by atoms with van der Waals surface area (Å²) in [7, 11) is 14.4. The van der Waals surface area contributed by atoms with Gasteiger partial charge in [-0.05, 0) is 57.8 Å². The molecule has 0 saturated carbocycles. The molecule has 1 aromatic heterocycles. The lowest BCUT2D eigenvalue weighted by molar-refractivity contribution is -0.355. The largest absolute Gasteiger partial charge is 0.336 e. The molecule has 0 fully saturated rings. The van der Waals surface area contributed by atoms with Crippen LogP contribution in [-0.2, 0) is 42.6 Å². The highest BCUT2D eigenvalue weighted by atomic mass is 16.9. The minimum absolute atomic E-state index is 0.271. The van der Waals surface area contributed by atoms with Crippen LogP contribution in [0.2, 0.25) is 0 Å². The molecule has 0 aromatic carbocycles. The van der Waals surface area contributed by atoms with Crippen LogP contribution in [0.5, 0.6) is 0 Å². The Balaban J connectivity index is 3.10. The lowest BCUT2D eigenvalue weighted by Crippen LogP contribution is -2.57. The fourth-order valence-electron chi connectivity index (χ4n) is 9.56. The predicted octanol–water partition coefficient (Wildman–Crippen LogP) is 11.3. The molecule has 15 heteroatoms. The first kappa shape index (κ1) is 62.1. The van der Waals surface area contributed by atoms with Gasteiger partial charge in [0.05, 0.1) is 0 Å². The van der Waals surface area contributed by atoms with E-state index in [4.69, 9.17) is 42.6 Å². The van der Waals surface area contributed by atoms with Crippen molar-refractivity contribution in [3.63, 3.8) is 0 Å². The number of aromatic nitrogens is 3. The third-order valence-corrected chi connectivity index (χ3v) is 14.1. The van der Waals surface area contributed by atoms with Gasteiger partial charge < -0.3 is 42.6 Å². The van der Waals surface area contributed by atoms with Crippen LogP contribution < -0.4 is 17.1 Å². The summed E-state index contributed by atoms with van der Waals surface area (Å²) >= 11 is 0. The Morgan fingerprint density at radius 2 is 0.470 bits per heavy atom. The van der Waals surface area contributed by atoms with Crippen molar-refractivity contribution in [1.82, 2.24) is 13.7 Å². The molecule has 0 aliphatic carbocycles. The summed E-state index contributed by atoms with van der Waals surface area (Å²) in [6.07, 6.45) is 27.9. The number of rotatable bonds is 45. The SMILES string of the molecule is CCC(CCCCCCCCCC(OC)(OC)OC)n1c(=O)n(C(CC)CCCCCCCCCC(OC)(OC)OC)c(=O)n(C(CC)CCCCCCCCCC(OC)(OC)OC)c1=O. The molecule has 1 rings (SSSR count). The fraction of sp³-hybridized carbons (Fsp3) is 0.941. The van der Waals surface area contributed by atoms with Crippen LogP contribution in [0.4, 0.5) is 0 Å². The molecule has 390 valence electrons. The van der Waals surface area contributed by atoms with Crippen LogP contribution in [0.25, 0.3) is 0 Å². The number of ether oxygens (including phenoxy) is 9. The molecule has 0 radical (unpaired) electrons. The van der Waals surface area contributed by atoms with Gasteiger partial charge in [0.25, 0.3) is 17.9 Å². The first-order valence-electron chi connectivity index (χ1n) is 25.9.